The van der Waals surface area contributed by atoms with Crippen molar-refractivity contribution in [2.45, 2.75) is 20.5 Å². The smallest absolute Gasteiger partial charge is 0.352 e. The van der Waals surface area contributed by atoms with Crippen molar-refractivity contribution in [3.05, 3.63) is 57.9 Å². The highest BCUT2D eigenvalue weighted by Gasteiger charge is 2.22. The number of benzene rings is 1. The van der Waals surface area contributed by atoms with Crippen LogP contribution >= 0.6 is 0 Å². The van der Waals surface area contributed by atoms with Crippen LogP contribution in [0.25, 0.3) is 0 Å². The lowest BCUT2D eigenvalue weighted by Gasteiger charge is -2.04. The number of carbonyl (C=O) groups is 2. The van der Waals surface area contributed by atoms with Crippen molar-refractivity contribution in [2.24, 2.45) is 0 Å². The number of aliphatic hydroxyl groups excluding tert-OH is 1. The van der Waals surface area contributed by atoms with Crippen LogP contribution in [-0.2, 0) is 6.61 Å². The highest BCUT2D eigenvalue weighted by atomic mass is 16.4. The minimum atomic E-state index is -1.09. The van der Waals surface area contributed by atoms with Gasteiger partial charge in [0, 0.05) is 16.8 Å². The number of carbonyl (C=O) groups excluding carboxylic acids is 1. The molecule has 0 fully saturated rings. The quantitative estimate of drug-likeness (QED) is 0.744. The second kappa shape index (κ2) is 5.30. The number of hydrogen-bond donors (Lipinski definition) is 3. The van der Waals surface area contributed by atoms with E-state index >= 15 is 0 Å². The lowest BCUT2D eigenvalue weighted by Crippen LogP contribution is -2.05. The van der Waals surface area contributed by atoms with Gasteiger partial charge >= 0.3 is 5.97 Å². The normalized spacial score (nSPS) is 10.6. The molecule has 0 spiro atoms. The van der Waals surface area contributed by atoms with Gasteiger partial charge in [-0.1, -0.05) is 18.2 Å². The molecule has 0 atom stereocenters. The molecule has 0 amide bonds. The van der Waals surface area contributed by atoms with Gasteiger partial charge in [0.2, 0.25) is 0 Å². The molecule has 0 radical (unpaired) electrons. The van der Waals surface area contributed by atoms with Crippen LogP contribution in [0.2, 0.25) is 0 Å². The Kier molecular flexibility index (Phi) is 3.72. The number of aromatic carboxylic acids is 1. The predicted molar refractivity (Wildman–Crippen MR) is 73.0 cm³/mol. The number of carboxylic acid groups (broad SMARTS) is 1. The summed E-state index contributed by atoms with van der Waals surface area (Å²) in [4.78, 5) is 26.3. The van der Waals surface area contributed by atoms with Crippen molar-refractivity contribution in [3.8, 4) is 0 Å². The molecule has 3 N–H and O–H groups in total. The van der Waals surface area contributed by atoms with E-state index in [1.807, 2.05) is 0 Å². The van der Waals surface area contributed by atoms with Crippen LogP contribution in [0.3, 0.4) is 0 Å². The van der Waals surface area contributed by atoms with E-state index in [9.17, 15) is 9.59 Å². The van der Waals surface area contributed by atoms with Gasteiger partial charge in [-0.2, -0.15) is 0 Å². The number of nitrogens with one attached hydrogen (secondary N) is 1. The van der Waals surface area contributed by atoms with Gasteiger partial charge in [-0.25, -0.2) is 4.79 Å². The van der Waals surface area contributed by atoms with Gasteiger partial charge in [0.05, 0.1) is 6.61 Å². The van der Waals surface area contributed by atoms with Crippen molar-refractivity contribution in [1.82, 2.24) is 4.98 Å². The van der Waals surface area contributed by atoms with Crippen LogP contribution in [0.4, 0.5) is 0 Å². The van der Waals surface area contributed by atoms with Gasteiger partial charge in [0.25, 0.3) is 0 Å². The number of ketones is 1. The first-order valence-electron chi connectivity index (χ1n) is 6.12. The molecule has 0 saturated heterocycles. The molecule has 2 rings (SSSR count). The molecule has 0 saturated carbocycles. The second-order valence-electron chi connectivity index (χ2n) is 4.62. The Bertz CT molecular complexity index is 685. The van der Waals surface area contributed by atoms with E-state index in [1.54, 1.807) is 38.1 Å². The first kappa shape index (κ1) is 14.0. The molecule has 20 heavy (non-hydrogen) atoms. The first-order chi connectivity index (χ1) is 9.45. The zero-order chi connectivity index (χ0) is 14.9. The van der Waals surface area contributed by atoms with E-state index in [2.05, 4.69) is 4.98 Å². The molecule has 5 nitrogen and oxygen atoms in total. The second-order valence-corrected chi connectivity index (χ2v) is 4.62. The summed E-state index contributed by atoms with van der Waals surface area (Å²) in [6.45, 7) is 3.13. The monoisotopic (exact) mass is 273 g/mol. The molecule has 0 unspecified atom stereocenters. The van der Waals surface area contributed by atoms with E-state index in [0.29, 0.717) is 27.9 Å². The third kappa shape index (κ3) is 2.35. The fraction of sp³-hybridized carbons (Fsp3) is 0.200. The maximum atomic E-state index is 12.5. The first-order valence-corrected chi connectivity index (χ1v) is 6.12. The molecule has 2 aromatic rings. The summed E-state index contributed by atoms with van der Waals surface area (Å²) in [7, 11) is 0. The lowest BCUT2D eigenvalue weighted by molar-refractivity contribution is 0.0690. The summed E-state index contributed by atoms with van der Waals surface area (Å²) in [6.07, 6.45) is 0. The molecule has 1 aromatic carbocycles. The van der Waals surface area contributed by atoms with Crippen molar-refractivity contribution in [1.29, 1.82) is 0 Å². The Labute approximate surface area is 115 Å². The largest absolute Gasteiger partial charge is 0.477 e. The molecule has 0 aliphatic heterocycles. The molecule has 1 aromatic heterocycles. The highest BCUT2D eigenvalue weighted by Crippen LogP contribution is 2.22. The summed E-state index contributed by atoms with van der Waals surface area (Å²) in [5.74, 6) is -1.34. The molecule has 104 valence electrons. The van der Waals surface area contributed by atoms with Crippen LogP contribution in [0.1, 0.15) is 43.2 Å². The van der Waals surface area contributed by atoms with Crippen molar-refractivity contribution in [3.63, 3.8) is 0 Å². The number of hydrogen-bond acceptors (Lipinski definition) is 3. The Morgan fingerprint density at radius 2 is 1.95 bits per heavy atom. The fourth-order valence-corrected chi connectivity index (χ4v) is 2.26. The van der Waals surface area contributed by atoms with Gasteiger partial charge in [0.15, 0.2) is 5.78 Å². The van der Waals surface area contributed by atoms with Gasteiger partial charge in [0.1, 0.15) is 5.69 Å². The topological polar surface area (TPSA) is 90.4 Å². The summed E-state index contributed by atoms with van der Waals surface area (Å²) < 4.78 is 0. The molecule has 5 heteroatoms. The summed E-state index contributed by atoms with van der Waals surface area (Å²) in [5, 5.41) is 18.2. The fourth-order valence-electron chi connectivity index (χ4n) is 2.26. The average molecular weight is 273 g/mol. The maximum Gasteiger partial charge on any atom is 0.352 e. The number of aromatic amines is 1. The number of rotatable bonds is 4. The summed E-state index contributed by atoms with van der Waals surface area (Å²) in [5.41, 5.74) is 2.43. The van der Waals surface area contributed by atoms with Gasteiger partial charge in [-0.3, -0.25) is 4.79 Å². The number of carboxylic acids is 1. The SMILES string of the molecule is Cc1[nH]c(C(=O)O)c(C)c1C(=O)c1cccc(CO)c1. The Morgan fingerprint density at radius 1 is 1.25 bits per heavy atom. The zero-order valence-corrected chi connectivity index (χ0v) is 11.2. The highest BCUT2D eigenvalue weighted by molar-refractivity contribution is 6.12. The Hall–Kier alpha value is -2.40. The van der Waals surface area contributed by atoms with Crippen molar-refractivity contribution in [2.75, 3.05) is 0 Å². The number of aliphatic hydroxyl groups is 1. The van der Waals surface area contributed by atoms with Crippen LogP contribution in [0.5, 0.6) is 0 Å². The Balaban J connectivity index is 2.51. The number of aromatic nitrogens is 1. The van der Waals surface area contributed by atoms with E-state index in [4.69, 9.17) is 10.2 Å². The molecule has 0 bridgehead atoms. The van der Waals surface area contributed by atoms with Crippen molar-refractivity contribution >= 4 is 11.8 Å². The van der Waals surface area contributed by atoms with E-state index in [-0.39, 0.29) is 18.1 Å². The van der Waals surface area contributed by atoms with Crippen LogP contribution in [0, 0.1) is 13.8 Å². The van der Waals surface area contributed by atoms with E-state index < -0.39 is 5.97 Å². The van der Waals surface area contributed by atoms with Gasteiger partial charge < -0.3 is 15.2 Å². The van der Waals surface area contributed by atoms with Crippen LogP contribution in [-0.4, -0.2) is 26.9 Å². The zero-order valence-electron chi connectivity index (χ0n) is 11.2. The minimum absolute atomic E-state index is 0.0316. The number of aryl methyl sites for hydroxylation is 1. The third-order valence-corrected chi connectivity index (χ3v) is 3.25. The molecule has 0 aliphatic carbocycles. The average Bonchev–Trinajstić information content (AvgIpc) is 2.73. The summed E-state index contributed by atoms with van der Waals surface area (Å²) in [6, 6.07) is 6.66. The van der Waals surface area contributed by atoms with Crippen LogP contribution in [0.15, 0.2) is 24.3 Å². The minimum Gasteiger partial charge on any atom is -0.477 e. The lowest BCUT2D eigenvalue weighted by atomic mass is 9.98. The van der Waals surface area contributed by atoms with Crippen molar-refractivity contribution < 1.29 is 19.8 Å². The summed E-state index contributed by atoms with van der Waals surface area (Å²) >= 11 is 0. The molecular formula is C15H15NO4. The van der Waals surface area contributed by atoms with Gasteiger partial charge in [-0.15, -0.1) is 0 Å². The number of H-pyrrole nitrogens is 1. The van der Waals surface area contributed by atoms with E-state index in [1.165, 1.54) is 0 Å². The molecular weight excluding hydrogens is 258 g/mol. The predicted octanol–water partition coefficient (Wildman–Crippen LogP) is 2.05. The van der Waals surface area contributed by atoms with Crippen LogP contribution < -0.4 is 0 Å². The van der Waals surface area contributed by atoms with E-state index in [0.717, 1.165) is 0 Å². The Morgan fingerprint density at radius 3 is 2.50 bits per heavy atom. The maximum absolute atomic E-state index is 12.5. The van der Waals surface area contributed by atoms with Gasteiger partial charge in [-0.05, 0) is 31.0 Å². The third-order valence-electron chi connectivity index (χ3n) is 3.25. The molecule has 0 aliphatic rings. The molecule has 1 heterocycles. The standard InChI is InChI=1S/C15H15NO4/c1-8-12(9(2)16-13(8)15(19)20)14(18)11-5-3-4-10(6-11)7-17/h3-6,16-17H,7H2,1-2H3,(H,19,20).